The molecule has 1 unspecified atom stereocenters. The van der Waals surface area contributed by atoms with Crippen molar-refractivity contribution < 1.29 is 27.8 Å². The quantitative estimate of drug-likeness (QED) is 0.905. The molecular weight excluding hydrogens is 251 g/mol. The van der Waals surface area contributed by atoms with Gasteiger partial charge in [0.15, 0.2) is 0 Å². The lowest BCUT2D eigenvalue weighted by atomic mass is 9.99. The van der Waals surface area contributed by atoms with Crippen molar-refractivity contribution >= 4 is 5.97 Å². The van der Waals surface area contributed by atoms with Crippen molar-refractivity contribution in [1.29, 1.82) is 5.26 Å². The average molecular weight is 259 g/mol. The fraction of sp³-hybridized carbons (Fsp3) is 0.273. The first-order valence-electron chi connectivity index (χ1n) is 4.77. The van der Waals surface area contributed by atoms with Crippen LogP contribution in [0.3, 0.4) is 0 Å². The van der Waals surface area contributed by atoms with Crippen molar-refractivity contribution in [1.82, 2.24) is 0 Å². The molecule has 1 N–H and O–H groups in total. The van der Waals surface area contributed by atoms with E-state index in [1.807, 2.05) is 0 Å². The van der Waals surface area contributed by atoms with Gasteiger partial charge in [-0.15, -0.1) is 13.2 Å². The molecular formula is C11H8F3NO3. The number of carboxylic acid groups (broad SMARTS) is 1. The molecule has 0 fully saturated rings. The van der Waals surface area contributed by atoms with E-state index in [2.05, 4.69) is 4.74 Å². The van der Waals surface area contributed by atoms with Gasteiger partial charge in [-0.05, 0) is 24.6 Å². The number of hydrogen-bond acceptors (Lipinski definition) is 3. The maximum Gasteiger partial charge on any atom is 0.573 e. The molecule has 1 aromatic rings. The highest BCUT2D eigenvalue weighted by Gasteiger charge is 2.32. The number of ether oxygens (including phenoxy) is 1. The van der Waals surface area contributed by atoms with Gasteiger partial charge < -0.3 is 9.84 Å². The Hall–Kier alpha value is -2.23. The molecule has 0 aliphatic carbocycles. The van der Waals surface area contributed by atoms with E-state index in [1.165, 1.54) is 13.0 Å². The highest BCUT2D eigenvalue weighted by molar-refractivity contribution is 5.75. The zero-order chi connectivity index (χ0) is 13.9. The molecule has 0 aliphatic heterocycles. The molecule has 0 aromatic heterocycles. The van der Waals surface area contributed by atoms with Crippen LogP contribution in [0.5, 0.6) is 5.75 Å². The van der Waals surface area contributed by atoms with Crippen molar-refractivity contribution in [3.63, 3.8) is 0 Å². The third-order valence-corrected chi connectivity index (χ3v) is 2.22. The minimum atomic E-state index is -4.93. The Kier molecular flexibility index (Phi) is 3.81. The molecule has 96 valence electrons. The number of rotatable bonds is 3. The maximum atomic E-state index is 12.1. The topological polar surface area (TPSA) is 70.3 Å². The standard InChI is InChI=1S/C11H8F3NO3/c1-6(10(16)17)7-2-3-8(5-15)9(4-7)18-11(12,13)14/h2-4,6H,1H3,(H,16,17). The van der Waals surface area contributed by atoms with Crippen molar-refractivity contribution in [2.75, 3.05) is 0 Å². The molecule has 0 aliphatic rings. The zero-order valence-electron chi connectivity index (χ0n) is 9.15. The summed E-state index contributed by atoms with van der Waals surface area (Å²) in [6.07, 6.45) is -4.93. The SMILES string of the molecule is CC(C(=O)O)c1ccc(C#N)c(OC(F)(F)F)c1. The van der Waals surface area contributed by atoms with Crippen LogP contribution in [0.25, 0.3) is 0 Å². The molecule has 1 rings (SSSR count). The van der Waals surface area contributed by atoms with Crippen molar-refractivity contribution in [3.8, 4) is 11.8 Å². The summed E-state index contributed by atoms with van der Waals surface area (Å²) in [5, 5.41) is 17.4. The summed E-state index contributed by atoms with van der Waals surface area (Å²) >= 11 is 0. The first kappa shape index (κ1) is 13.8. The second kappa shape index (κ2) is 4.96. The normalized spacial score (nSPS) is 12.6. The monoisotopic (exact) mass is 259 g/mol. The van der Waals surface area contributed by atoms with E-state index >= 15 is 0 Å². The Morgan fingerprint density at radius 3 is 2.56 bits per heavy atom. The number of alkyl halides is 3. The first-order valence-corrected chi connectivity index (χ1v) is 4.77. The summed E-state index contributed by atoms with van der Waals surface area (Å²) in [6.45, 7) is 1.32. The van der Waals surface area contributed by atoms with E-state index in [9.17, 15) is 18.0 Å². The predicted octanol–water partition coefficient (Wildman–Crippen LogP) is 2.64. The first-order chi connectivity index (χ1) is 8.24. The van der Waals surface area contributed by atoms with E-state index in [0.717, 1.165) is 12.1 Å². The molecule has 4 nitrogen and oxygen atoms in total. The van der Waals surface area contributed by atoms with Crippen molar-refractivity contribution in [2.45, 2.75) is 19.2 Å². The molecule has 0 amide bonds. The maximum absolute atomic E-state index is 12.1. The van der Waals surface area contributed by atoms with E-state index in [4.69, 9.17) is 10.4 Å². The van der Waals surface area contributed by atoms with Gasteiger partial charge in [0.2, 0.25) is 0 Å². The number of nitriles is 1. The third-order valence-electron chi connectivity index (χ3n) is 2.22. The van der Waals surface area contributed by atoms with Gasteiger partial charge in [-0.3, -0.25) is 4.79 Å². The van der Waals surface area contributed by atoms with Crippen molar-refractivity contribution in [3.05, 3.63) is 29.3 Å². The molecule has 0 radical (unpaired) electrons. The Bertz CT molecular complexity index is 505. The van der Waals surface area contributed by atoms with Crippen LogP contribution in [-0.4, -0.2) is 17.4 Å². The number of hydrogen-bond donors (Lipinski definition) is 1. The molecule has 7 heteroatoms. The number of carboxylic acids is 1. The number of carbonyl (C=O) groups is 1. The highest BCUT2D eigenvalue weighted by Crippen LogP contribution is 2.29. The molecule has 0 saturated carbocycles. The van der Waals surface area contributed by atoms with Crippen LogP contribution in [-0.2, 0) is 4.79 Å². The van der Waals surface area contributed by atoms with Crippen LogP contribution in [0.4, 0.5) is 13.2 Å². The molecule has 1 atom stereocenters. The van der Waals surface area contributed by atoms with E-state index < -0.39 is 24.0 Å². The summed E-state index contributed by atoms with van der Waals surface area (Å²) in [7, 11) is 0. The molecule has 0 saturated heterocycles. The fourth-order valence-corrected chi connectivity index (χ4v) is 1.25. The predicted molar refractivity (Wildman–Crippen MR) is 53.9 cm³/mol. The van der Waals surface area contributed by atoms with Crippen LogP contribution in [0, 0.1) is 11.3 Å². The van der Waals surface area contributed by atoms with Gasteiger partial charge in [-0.25, -0.2) is 0 Å². The Morgan fingerprint density at radius 1 is 1.50 bits per heavy atom. The van der Waals surface area contributed by atoms with E-state index in [1.54, 1.807) is 6.07 Å². The van der Waals surface area contributed by atoms with Crippen LogP contribution < -0.4 is 4.74 Å². The van der Waals surface area contributed by atoms with Crippen LogP contribution in [0.2, 0.25) is 0 Å². The van der Waals surface area contributed by atoms with Crippen LogP contribution in [0.15, 0.2) is 18.2 Å². The number of aliphatic carboxylic acids is 1. The minimum absolute atomic E-state index is 0.126. The second-order valence-corrected chi connectivity index (χ2v) is 3.48. The van der Waals surface area contributed by atoms with E-state index in [-0.39, 0.29) is 11.1 Å². The third kappa shape index (κ3) is 3.38. The summed E-state index contributed by atoms with van der Waals surface area (Å²) in [6, 6.07) is 4.82. The number of nitrogens with zero attached hydrogens (tertiary/aromatic N) is 1. The lowest BCUT2D eigenvalue weighted by molar-refractivity contribution is -0.274. The molecule has 1 aromatic carbocycles. The lowest BCUT2D eigenvalue weighted by Crippen LogP contribution is -2.18. The molecule has 18 heavy (non-hydrogen) atoms. The van der Waals surface area contributed by atoms with Gasteiger partial charge in [0.05, 0.1) is 11.5 Å². The fourth-order valence-electron chi connectivity index (χ4n) is 1.25. The van der Waals surface area contributed by atoms with Gasteiger partial charge in [-0.2, -0.15) is 5.26 Å². The molecule has 0 bridgehead atoms. The van der Waals surface area contributed by atoms with Gasteiger partial charge in [0.1, 0.15) is 11.8 Å². The summed E-state index contributed by atoms with van der Waals surface area (Å²) in [4.78, 5) is 10.7. The summed E-state index contributed by atoms with van der Waals surface area (Å²) < 4.78 is 40.0. The lowest BCUT2D eigenvalue weighted by Gasteiger charge is -2.13. The average Bonchev–Trinajstić information content (AvgIpc) is 2.25. The largest absolute Gasteiger partial charge is 0.573 e. The highest BCUT2D eigenvalue weighted by atomic mass is 19.4. The van der Waals surface area contributed by atoms with E-state index in [0.29, 0.717) is 0 Å². The zero-order valence-corrected chi connectivity index (χ0v) is 9.15. The van der Waals surface area contributed by atoms with Crippen molar-refractivity contribution in [2.24, 2.45) is 0 Å². The number of halogens is 3. The van der Waals surface area contributed by atoms with Gasteiger partial charge in [0, 0.05) is 0 Å². The summed E-state index contributed by atoms with van der Waals surface area (Å²) in [5.74, 6) is -2.87. The number of benzene rings is 1. The second-order valence-electron chi connectivity index (χ2n) is 3.48. The molecule has 0 heterocycles. The Balaban J connectivity index is 3.18. The Morgan fingerprint density at radius 2 is 2.11 bits per heavy atom. The molecule has 0 spiro atoms. The summed E-state index contributed by atoms with van der Waals surface area (Å²) in [5.41, 5.74) is -0.186. The van der Waals surface area contributed by atoms with Crippen LogP contribution >= 0.6 is 0 Å². The van der Waals surface area contributed by atoms with Crippen LogP contribution in [0.1, 0.15) is 24.0 Å². The van der Waals surface area contributed by atoms with Gasteiger partial charge in [0.25, 0.3) is 0 Å². The smallest absolute Gasteiger partial charge is 0.481 e. The minimum Gasteiger partial charge on any atom is -0.481 e. The Labute approximate surface area is 100 Å². The van der Waals surface area contributed by atoms with Gasteiger partial charge in [-0.1, -0.05) is 6.07 Å². The van der Waals surface area contributed by atoms with Gasteiger partial charge >= 0.3 is 12.3 Å².